The molecule has 0 fully saturated rings. The number of aliphatic hydroxyl groups is 1. The molecule has 0 aliphatic carbocycles. The topological polar surface area (TPSA) is 38.7 Å². The first-order valence-electron chi connectivity index (χ1n) is 6.51. The van der Waals surface area contributed by atoms with Crippen LogP contribution in [0.1, 0.15) is 57.8 Å². The highest BCUT2D eigenvalue weighted by Crippen LogP contribution is 2.11. The van der Waals surface area contributed by atoms with Crippen molar-refractivity contribution in [1.29, 1.82) is 0 Å². The van der Waals surface area contributed by atoms with Gasteiger partial charge in [-0.25, -0.2) is 0 Å². The lowest BCUT2D eigenvalue weighted by Crippen LogP contribution is -2.12. The monoisotopic (exact) mass is 232 g/mol. The molecule has 3 heteroatoms. The zero-order valence-electron chi connectivity index (χ0n) is 10.9. The van der Waals surface area contributed by atoms with Crippen molar-refractivity contribution in [3.8, 4) is 0 Å². The third kappa shape index (κ3) is 10.4. The summed E-state index contributed by atoms with van der Waals surface area (Å²) in [4.78, 5) is 0. The van der Waals surface area contributed by atoms with Crippen molar-refractivity contribution in [2.45, 2.75) is 64.1 Å². The van der Waals surface area contributed by atoms with Gasteiger partial charge < -0.3 is 14.6 Å². The Labute approximate surface area is 100 Å². The molecule has 1 N–H and O–H groups in total. The summed E-state index contributed by atoms with van der Waals surface area (Å²) >= 11 is 0. The zero-order chi connectivity index (χ0) is 12.1. The maximum atomic E-state index is 8.61. The SMILES string of the molecule is COC(CCCCCCCCCCO)OC. The predicted octanol–water partition coefficient (Wildman–Crippen LogP) is 3.11. The second-order valence-electron chi connectivity index (χ2n) is 4.24. The molecule has 0 amide bonds. The first-order valence-corrected chi connectivity index (χ1v) is 6.51. The lowest BCUT2D eigenvalue weighted by molar-refractivity contribution is -0.107. The van der Waals surface area contributed by atoms with Crippen molar-refractivity contribution in [3.05, 3.63) is 0 Å². The molecule has 98 valence electrons. The second kappa shape index (κ2) is 12.9. The van der Waals surface area contributed by atoms with E-state index in [1.165, 1.54) is 44.9 Å². The van der Waals surface area contributed by atoms with Gasteiger partial charge in [0.2, 0.25) is 0 Å². The van der Waals surface area contributed by atoms with Crippen LogP contribution < -0.4 is 0 Å². The summed E-state index contributed by atoms with van der Waals surface area (Å²) in [6, 6.07) is 0. The number of hydrogen-bond acceptors (Lipinski definition) is 3. The fourth-order valence-corrected chi connectivity index (χ4v) is 1.82. The summed E-state index contributed by atoms with van der Waals surface area (Å²) < 4.78 is 10.3. The van der Waals surface area contributed by atoms with Crippen LogP contribution in [0.25, 0.3) is 0 Å². The van der Waals surface area contributed by atoms with Gasteiger partial charge in [0, 0.05) is 20.8 Å². The molecule has 16 heavy (non-hydrogen) atoms. The molecule has 0 aromatic rings. The van der Waals surface area contributed by atoms with E-state index in [2.05, 4.69) is 0 Å². The van der Waals surface area contributed by atoms with Gasteiger partial charge in [-0.1, -0.05) is 38.5 Å². The summed E-state index contributed by atoms with van der Waals surface area (Å²) in [7, 11) is 3.38. The molecule has 0 aromatic carbocycles. The summed E-state index contributed by atoms with van der Waals surface area (Å²) in [5, 5.41) is 8.61. The molecule has 0 unspecified atom stereocenters. The summed E-state index contributed by atoms with van der Waals surface area (Å²) in [5.41, 5.74) is 0. The van der Waals surface area contributed by atoms with Crippen LogP contribution in [0.3, 0.4) is 0 Å². The van der Waals surface area contributed by atoms with E-state index in [4.69, 9.17) is 14.6 Å². The standard InChI is InChI=1S/C13H28O3/c1-15-13(16-2)11-9-7-5-3-4-6-8-10-12-14/h13-14H,3-12H2,1-2H3. The summed E-state index contributed by atoms with van der Waals surface area (Å²) in [5.74, 6) is 0. The molecule has 0 aromatic heterocycles. The number of ether oxygens (including phenoxy) is 2. The largest absolute Gasteiger partial charge is 0.396 e. The zero-order valence-corrected chi connectivity index (χ0v) is 10.9. The Balaban J connectivity index is 3.03. The Morgan fingerprint density at radius 2 is 1.19 bits per heavy atom. The Kier molecular flexibility index (Phi) is 12.9. The quantitative estimate of drug-likeness (QED) is 0.415. The molecule has 0 saturated carbocycles. The maximum Gasteiger partial charge on any atom is 0.156 e. The van der Waals surface area contributed by atoms with Crippen LogP contribution in [0.15, 0.2) is 0 Å². The van der Waals surface area contributed by atoms with E-state index in [0.717, 1.165) is 12.8 Å². The third-order valence-electron chi connectivity index (χ3n) is 2.87. The molecule has 0 radical (unpaired) electrons. The van der Waals surface area contributed by atoms with Crippen LogP contribution in [0.5, 0.6) is 0 Å². The number of hydrogen-bond donors (Lipinski definition) is 1. The number of aliphatic hydroxyl groups excluding tert-OH is 1. The Bertz CT molecular complexity index is 124. The molecule has 0 bridgehead atoms. The summed E-state index contributed by atoms with van der Waals surface area (Å²) in [6.45, 7) is 0.343. The highest BCUT2D eigenvalue weighted by molar-refractivity contribution is 4.49. The van der Waals surface area contributed by atoms with Crippen LogP contribution >= 0.6 is 0 Å². The fourth-order valence-electron chi connectivity index (χ4n) is 1.82. The van der Waals surface area contributed by atoms with E-state index in [0.29, 0.717) is 6.61 Å². The first kappa shape index (κ1) is 15.9. The molecular formula is C13H28O3. The van der Waals surface area contributed by atoms with Gasteiger partial charge in [-0.2, -0.15) is 0 Å². The van der Waals surface area contributed by atoms with Crippen LogP contribution in [-0.2, 0) is 9.47 Å². The third-order valence-corrected chi connectivity index (χ3v) is 2.87. The van der Waals surface area contributed by atoms with Gasteiger partial charge in [0.15, 0.2) is 6.29 Å². The van der Waals surface area contributed by atoms with E-state index >= 15 is 0 Å². The molecule has 0 atom stereocenters. The minimum absolute atomic E-state index is 0.0236. The molecule has 0 saturated heterocycles. The van der Waals surface area contributed by atoms with Crippen molar-refractivity contribution < 1.29 is 14.6 Å². The van der Waals surface area contributed by atoms with Gasteiger partial charge in [0.05, 0.1) is 0 Å². The van der Waals surface area contributed by atoms with E-state index in [9.17, 15) is 0 Å². The molecule has 0 aliphatic rings. The van der Waals surface area contributed by atoms with Gasteiger partial charge in [0.25, 0.3) is 0 Å². The van der Waals surface area contributed by atoms with Crippen molar-refractivity contribution >= 4 is 0 Å². The summed E-state index contributed by atoms with van der Waals surface area (Å²) in [6.07, 6.45) is 10.7. The lowest BCUT2D eigenvalue weighted by atomic mass is 10.1. The van der Waals surface area contributed by atoms with E-state index in [-0.39, 0.29) is 6.29 Å². The van der Waals surface area contributed by atoms with Crippen LogP contribution in [-0.4, -0.2) is 32.2 Å². The highest BCUT2D eigenvalue weighted by atomic mass is 16.7. The number of rotatable bonds is 12. The molecule has 0 aliphatic heterocycles. The van der Waals surface area contributed by atoms with E-state index < -0.39 is 0 Å². The molecular weight excluding hydrogens is 204 g/mol. The first-order chi connectivity index (χ1) is 7.85. The fraction of sp³-hybridized carbons (Fsp3) is 1.00. The van der Waals surface area contributed by atoms with E-state index in [1.54, 1.807) is 14.2 Å². The van der Waals surface area contributed by atoms with Crippen LogP contribution in [0.2, 0.25) is 0 Å². The minimum atomic E-state index is -0.0236. The van der Waals surface area contributed by atoms with Crippen LogP contribution in [0.4, 0.5) is 0 Å². The Morgan fingerprint density at radius 1 is 0.750 bits per heavy atom. The van der Waals surface area contributed by atoms with Gasteiger partial charge >= 0.3 is 0 Å². The normalized spacial score (nSPS) is 11.2. The van der Waals surface area contributed by atoms with Gasteiger partial charge in [-0.15, -0.1) is 0 Å². The highest BCUT2D eigenvalue weighted by Gasteiger charge is 2.03. The van der Waals surface area contributed by atoms with Gasteiger partial charge in [-0.05, 0) is 19.3 Å². The smallest absolute Gasteiger partial charge is 0.156 e. The molecule has 0 spiro atoms. The van der Waals surface area contributed by atoms with Gasteiger partial charge in [-0.3, -0.25) is 0 Å². The van der Waals surface area contributed by atoms with Gasteiger partial charge in [0.1, 0.15) is 0 Å². The molecule has 0 heterocycles. The number of methoxy groups -OCH3 is 2. The lowest BCUT2D eigenvalue weighted by Gasteiger charge is -2.12. The minimum Gasteiger partial charge on any atom is -0.396 e. The van der Waals surface area contributed by atoms with Crippen molar-refractivity contribution in [2.24, 2.45) is 0 Å². The maximum absolute atomic E-state index is 8.61. The number of unbranched alkanes of at least 4 members (excludes halogenated alkanes) is 7. The predicted molar refractivity (Wildman–Crippen MR) is 66.4 cm³/mol. The van der Waals surface area contributed by atoms with Crippen LogP contribution in [0, 0.1) is 0 Å². The molecule has 0 rings (SSSR count). The Hall–Kier alpha value is -0.120. The molecule has 3 nitrogen and oxygen atoms in total. The van der Waals surface area contributed by atoms with E-state index in [1.807, 2.05) is 0 Å². The Morgan fingerprint density at radius 3 is 1.62 bits per heavy atom. The average molecular weight is 232 g/mol. The van der Waals surface area contributed by atoms with Crippen molar-refractivity contribution in [1.82, 2.24) is 0 Å². The average Bonchev–Trinajstić information content (AvgIpc) is 2.32. The second-order valence-corrected chi connectivity index (χ2v) is 4.24. The van der Waals surface area contributed by atoms with Crippen molar-refractivity contribution in [2.75, 3.05) is 20.8 Å². The van der Waals surface area contributed by atoms with Crippen molar-refractivity contribution in [3.63, 3.8) is 0 Å².